The maximum atomic E-state index is 13.6. The zero-order valence-corrected chi connectivity index (χ0v) is 17.0. The van der Waals surface area contributed by atoms with Gasteiger partial charge in [0.2, 0.25) is 0 Å². The highest BCUT2D eigenvalue weighted by Crippen LogP contribution is 2.29. The van der Waals surface area contributed by atoms with Crippen LogP contribution in [0.25, 0.3) is 11.1 Å². The van der Waals surface area contributed by atoms with Crippen molar-refractivity contribution in [1.82, 2.24) is 0 Å². The monoisotopic (exact) mass is 376 g/mol. The van der Waals surface area contributed by atoms with Crippen LogP contribution >= 0.6 is 0 Å². The summed E-state index contributed by atoms with van der Waals surface area (Å²) in [6, 6.07) is 9.43. The van der Waals surface area contributed by atoms with E-state index in [1.54, 1.807) is 6.92 Å². The Morgan fingerprint density at radius 3 is 2.50 bits per heavy atom. The summed E-state index contributed by atoms with van der Waals surface area (Å²) >= 11 is 0. The normalized spacial score (nSPS) is 13.6. The maximum Gasteiger partial charge on any atom is 0.126 e. The molecule has 0 radical (unpaired) electrons. The first kappa shape index (κ1) is 20.8. The molecular weight excluding hydrogens is 347 g/mol. The average molecular weight is 377 g/mol. The lowest BCUT2D eigenvalue weighted by Gasteiger charge is -2.16. The number of hydrogen-bond donors (Lipinski definition) is 1. The van der Waals surface area contributed by atoms with E-state index in [-0.39, 0.29) is 5.82 Å². The molecule has 0 aliphatic carbocycles. The third kappa shape index (κ3) is 5.49. The van der Waals surface area contributed by atoms with Gasteiger partial charge in [0.05, 0.1) is 6.10 Å². The number of aliphatic hydroxyl groups is 1. The van der Waals surface area contributed by atoms with Crippen LogP contribution in [0, 0.1) is 26.6 Å². The first-order chi connectivity index (χ1) is 12.3. The molecule has 0 bridgehead atoms. The SMILES string of the molecule is CCCC(O)CS(=O)CCc1c(C)cc(C)cc1-c1ccc(F)c(C)c1. The standard InChI is InChI=1S/C22H29FO2S/c1-5-6-19(24)14-26(25)10-9-20-16(3)11-15(2)12-21(20)18-7-8-22(23)17(4)13-18/h7-8,11-13,19,24H,5-6,9-10,14H2,1-4H3. The Hall–Kier alpha value is -1.52. The molecule has 0 spiro atoms. The Morgan fingerprint density at radius 2 is 1.85 bits per heavy atom. The lowest BCUT2D eigenvalue weighted by atomic mass is 9.91. The van der Waals surface area contributed by atoms with Crippen LogP contribution in [0.15, 0.2) is 30.3 Å². The summed E-state index contributed by atoms with van der Waals surface area (Å²) in [5.41, 5.74) is 6.16. The van der Waals surface area contributed by atoms with Gasteiger partial charge in [0.15, 0.2) is 0 Å². The Kier molecular flexibility index (Phi) is 7.54. The highest BCUT2D eigenvalue weighted by Gasteiger charge is 2.14. The van der Waals surface area contributed by atoms with Gasteiger partial charge in [-0.15, -0.1) is 0 Å². The lowest BCUT2D eigenvalue weighted by Crippen LogP contribution is -2.19. The van der Waals surface area contributed by atoms with E-state index in [0.29, 0.717) is 29.9 Å². The Bertz CT molecular complexity index is 786. The first-order valence-corrected chi connectivity index (χ1v) is 10.7. The van der Waals surface area contributed by atoms with Crippen LogP contribution in [0.5, 0.6) is 0 Å². The number of benzene rings is 2. The second-order valence-corrected chi connectivity index (χ2v) is 8.70. The number of halogens is 1. The summed E-state index contributed by atoms with van der Waals surface area (Å²) in [5, 5.41) is 9.87. The number of aryl methyl sites for hydroxylation is 3. The average Bonchev–Trinajstić information content (AvgIpc) is 2.56. The third-order valence-electron chi connectivity index (χ3n) is 4.67. The molecule has 0 heterocycles. The topological polar surface area (TPSA) is 37.3 Å². The minimum atomic E-state index is -1.05. The highest BCUT2D eigenvalue weighted by atomic mass is 32.2. The van der Waals surface area contributed by atoms with E-state index in [9.17, 15) is 13.7 Å². The smallest absolute Gasteiger partial charge is 0.126 e. The molecule has 0 amide bonds. The van der Waals surface area contributed by atoms with Crippen LogP contribution in [-0.4, -0.2) is 26.9 Å². The summed E-state index contributed by atoms with van der Waals surface area (Å²) in [4.78, 5) is 0. The molecule has 0 fully saturated rings. The van der Waals surface area contributed by atoms with Gasteiger partial charge in [-0.05, 0) is 73.6 Å². The minimum Gasteiger partial charge on any atom is -0.392 e. The Balaban J connectivity index is 2.25. The molecule has 2 rings (SSSR count). The Morgan fingerprint density at radius 1 is 1.12 bits per heavy atom. The van der Waals surface area contributed by atoms with Crippen LogP contribution in [-0.2, 0) is 17.2 Å². The van der Waals surface area contributed by atoms with E-state index in [1.807, 2.05) is 19.1 Å². The van der Waals surface area contributed by atoms with Gasteiger partial charge >= 0.3 is 0 Å². The second kappa shape index (κ2) is 9.43. The molecule has 1 N–H and O–H groups in total. The van der Waals surface area contributed by atoms with Gasteiger partial charge in [-0.25, -0.2) is 4.39 Å². The number of hydrogen-bond acceptors (Lipinski definition) is 2. The zero-order chi connectivity index (χ0) is 19.3. The lowest BCUT2D eigenvalue weighted by molar-refractivity contribution is 0.187. The zero-order valence-electron chi connectivity index (χ0n) is 16.1. The molecule has 2 unspecified atom stereocenters. The molecule has 0 aliphatic heterocycles. The third-order valence-corrected chi connectivity index (χ3v) is 6.08. The van der Waals surface area contributed by atoms with Crippen molar-refractivity contribution in [2.75, 3.05) is 11.5 Å². The van der Waals surface area contributed by atoms with Crippen LogP contribution in [0.1, 0.15) is 42.0 Å². The van der Waals surface area contributed by atoms with Crippen molar-refractivity contribution in [2.45, 2.75) is 53.1 Å². The van der Waals surface area contributed by atoms with Gasteiger partial charge < -0.3 is 5.11 Å². The summed E-state index contributed by atoms with van der Waals surface area (Å²) < 4.78 is 26.0. The number of aliphatic hydroxyl groups excluding tert-OH is 1. The predicted molar refractivity (Wildman–Crippen MR) is 109 cm³/mol. The maximum absolute atomic E-state index is 13.6. The first-order valence-electron chi connectivity index (χ1n) is 9.21. The van der Waals surface area contributed by atoms with Crippen molar-refractivity contribution < 1.29 is 13.7 Å². The van der Waals surface area contributed by atoms with Crippen LogP contribution in [0.3, 0.4) is 0 Å². The van der Waals surface area contributed by atoms with Crippen molar-refractivity contribution in [3.05, 3.63) is 58.4 Å². The molecule has 2 aromatic rings. The molecule has 0 saturated heterocycles. The Labute approximate surface area is 158 Å². The van der Waals surface area contributed by atoms with Gasteiger partial charge in [-0.3, -0.25) is 4.21 Å². The largest absolute Gasteiger partial charge is 0.392 e. The van der Waals surface area contributed by atoms with Gasteiger partial charge in [-0.1, -0.05) is 37.1 Å². The van der Waals surface area contributed by atoms with Crippen molar-refractivity contribution in [1.29, 1.82) is 0 Å². The molecule has 0 saturated carbocycles. The number of rotatable bonds is 8. The quantitative estimate of drug-likeness (QED) is 0.714. The van der Waals surface area contributed by atoms with E-state index in [1.165, 1.54) is 6.07 Å². The molecular formula is C22H29FO2S. The molecule has 26 heavy (non-hydrogen) atoms. The molecule has 142 valence electrons. The van der Waals surface area contributed by atoms with E-state index < -0.39 is 16.9 Å². The van der Waals surface area contributed by atoms with Crippen molar-refractivity contribution in [3.8, 4) is 11.1 Å². The fourth-order valence-corrected chi connectivity index (χ4v) is 4.52. The summed E-state index contributed by atoms with van der Waals surface area (Å²) in [6.45, 7) is 7.90. The van der Waals surface area contributed by atoms with Gasteiger partial charge in [-0.2, -0.15) is 0 Å². The van der Waals surface area contributed by atoms with E-state index >= 15 is 0 Å². The van der Waals surface area contributed by atoms with Crippen molar-refractivity contribution in [2.24, 2.45) is 0 Å². The summed E-state index contributed by atoms with van der Waals surface area (Å²) in [7, 11) is -1.05. The second-order valence-electron chi connectivity index (χ2n) is 7.08. The van der Waals surface area contributed by atoms with E-state index in [4.69, 9.17) is 0 Å². The minimum absolute atomic E-state index is 0.203. The van der Waals surface area contributed by atoms with Gasteiger partial charge in [0.25, 0.3) is 0 Å². The predicted octanol–water partition coefficient (Wildman–Crippen LogP) is 4.87. The molecule has 4 heteroatoms. The van der Waals surface area contributed by atoms with Crippen LogP contribution in [0.2, 0.25) is 0 Å². The van der Waals surface area contributed by atoms with Gasteiger partial charge in [0, 0.05) is 22.3 Å². The summed E-state index contributed by atoms with van der Waals surface area (Å²) in [6.07, 6.45) is 1.78. The summed E-state index contributed by atoms with van der Waals surface area (Å²) in [5.74, 6) is 0.660. The van der Waals surface area contributed by atoms with Crippen molar-refractivity contribution in [3.63, 3.8) is 0 Å². The molecule has 0 aromatic heterocycles. The molecule has 0 aliphatic rings. The van der Waals surface area contributed by atoms with Crippen molar-refractivity contribution >= 4 is 10.8 Å². The van der Waals surface area contributed by atoms with Gasteiger partial charge in [0.1, 0.15) is 5.82 Å². The molecule has 2 aromatic carbocycles. The molecule has 2 atom stereocenters. The fourth-order valence-electron chi connectivity index (χ4n) is 3.33. The van der Waals surface area contributed by atoms with Crippen LogP contribution in [0.4, 0.5) is 4.39 Å². The van der Waals surface area contributed by atoms with E-state index in [2.05, 4.69) is 26.0 Å². The molecule has 2 nitrogen and oxygen atoms in total. The fraction of sp³-hybridized carbons (Fsp3) is 0.455. The highest BCUT2D eigenvalue weighted by molar-refractivity contribution is 7.85. The van der Waals surface area contributed by atoms with Crippen LogP contribution < -0.4 is 0 Å². The van der Waals surface area contributed by atoms with E-state index in [0.717, 1.165) is 34.2 Å².